The van der Waals surface area contributed by atoms with E-state index in [4.69, 9.17) is 4.74 Å². The van der Waals surface area contributed by atoms with Crippen molar-refractivity contribution in [3.63, 3.8) is 0 Å². The Morgan fingerprint density at radius 1 is 1.22 bits per heavy atom. The maximum Gasteiger partial charge on any atom is 0.338 e. The predicted molar refractivity (Wildman–Crippen MR) is 144 cm³/mol. The summed E-state index contributed by atoms with van der Waals surface area (Å²) < 4.78 is 4.79. The summed E-state index contributed by atoms with van der Waals surface area (Å²) in [6.07, 6.45) is 14.8. The first-order valence-electron chi connectivity index (χ1n) is 13.9. The van der Waals surface area contributed by atoms with E-state index in [9.17, 15) is 20.1 Å². The molecule has 7 atom stereocenters. The molecule has 0 bridgehead atoms. The first-order chi connectivity index (χ1) is 17.0. The SMILES string of the molecule is C=C1C(=CC=C2CCC[C@]3(C)[C@@H]([C@H](C)C=C[C@H](O)C(CC)CC)CC[C@@H]23)C[C@](O)(C(=O)OC)C[C@@H]1O. The van der Waals surface area contributed by atoms with Gasteiger partial charge in [-0.15, -0.1) is 0 Å². The fraction of sp³-hybridized carbons (Fsp3) is 0.710. The lowest BCUT2D eigenvalue weighted by molar-refractivity contribution is -0.166. The van der Waals surface area contributed by atoms with E-state index >= 15 is 0 Å². The molecule has 5 heteroatoms. The van der Waals surface area contributed by atoms with E-state index in [1.165, 1.54) is 25.5 Å². The summed E-state index contributed by atoms with van der Waals surface area (Å²) in [7, 11) is 1.25. The normalized spacial score (nSPS) is 37.0. The van der Waals surface area contributed by atoms with Crippen molar-refractivity contribution in [2.75, 3.05) is 7.11 Å². The summed E-state index contributed by atoms with van der Waals surface area (Å²) in [5.41, 5.74) is 1.18. The largest absolute Gasteiger partial charge is 0.467 e. The molecule has 0 amide bonds. The van der Waals surface area contributed by atoms with Crippen molar-refractivity contribution < 1.29 is 24.9 Å². The molecule has 0 aromatic rings. The van der Waals surface area contributed by atoms with Gasteiger partial charge in [0.15, 0.2) is 5.60 Å². The van der Waals surface area contributed by atoms with Crippen molar-refractivity contribution in [3.05, 3.63) is 47.6 Å². The van der Waals surface area contributed by atoms with Gasteiger partial charge in [-0.05, 0) is 72.3 Å². The average Bonchev–Trinajstić information content (AvgIpc) is 3.21. The molecule has 0 spiro atoms. The molecule has 3 fully saturated rings. The van der Waals surface area contributed by atoms with E-state index in [1.54, 1.807) is 0 Å². The van der Waals surface area contributed by atoms with Gasteiger partial charge in [-0.1, -0.05) is 77.0 Å². The van der Waals surface area contributed by atoms with Crippen LogP contribution in [0.5, 0.6) is 0 Å². The van der Waals surface area contributed by atoms with Crippen LogP contribution >= 0.6 is 0 Å². The highest BCUT2D eigenvalue weighted by atomic mass is 16.5. The number of methoxy groups -OCH3 is 1. The van der Waals surface area contributed by atoms with Crippen LogP contribution in [0.25, 0.3) is 0 Å². The molecule has 0 aromatic heterocycles. The first-order valence-corrected chi connectivity index (χ1v) is 13.9. The minimum atomic E-state index is -1.72. The summed E-state index contributed by atoms with van der Waals surface area (Å²) in [6.45, 7) is 13.1. The number of fused-ring (bicyclic) bond motifs is 1. The van der Waals surface area contributed by atoms with Gasteiger partial charge < -0.3 is 20.1 Å². The molecule has 0 aliphatic heterocycles. The van der Waals surface area contributed by atoms with Crippen LogP contribution < -0.4 is 0 Å². The van der Waals surface area contributed by atoms with Gasteiger partial charge in [0.25, 0.3) is 0 Å². The molecule has 0 saturated heterocycles. The molecule has 3 saturated carbocycles. The second-order valence-electron chi connectivity index (χ2n) is 11.8. The Balaban J connectivity index is 1.79. The van der Waals surface area contributed by atoms with Crippen molar-refractivity contribution in [2.24, 2.45) is 29.1 Å². The average molecular weight is 501 g/mol. The second kappa shape index (κ2) is 11.8. The Hall–Kier alpha value is -1.69. The lowest BCUT2D eigenvalue weighted by Gasteiger charge is -2.44. The van der Waals surface area contributed by atoms with Gasteiger partial charge in [-0.25, -0.2) is 4.79 Å². The van der Waals surface area contributed by atoms with Gasteiger partial charge in [0.05, 0.1) is 19.3 Å². The summed E-state index contributed by atoms with van der Waals surface area (Å²) in [5.74, 6) is 1.08. The number of hydrogen-bond acceptors (Lipinski definition) is 5. The molecule has 36 heavy (non-hydrogen) atoms. The zero-order chi connectivity index (χ0) is 26.7. The van der Waals surface area contributed by atoms with Gasteiger partial charge in [0, 0.05) is 12.8 Å². The summed E-state index contributed by atoms with van der Waals surface area (Å²) in [4.78, 5) is 12.2. The van der Waals surface area contributed by atoms with Crippen LogP contribution in [0.1, 0.15) is 85.5 Å². The highest BCUT2D eigenvalue weighted by Crippen LogP contribution is 2.59. The maximum absolute atomic E-state index is 12.2. The van der Waals surface area contributed by atoms with Crippen LogP contribution in [0.3, 0.4) is 0 Å². The molecule has 5 nitrogen and oxygen atoms in total. The molecule has 3 aliphatic rings. The monoisotopic (exact) mass is 500 g/mol. The lowest BCUT2D eigenvalue weighted by Crippen LogP contribution is -2.46. The number of rotatable bonds is 8. The zero-order valence-electron chi connectivity index (χ0n) is 23.0. The maximum atomic E-state index is 12.2. The molecule has 3 N–H and O–H groups in total. The summed E-state index contributed by atoms with van der Waals surface area (Å²) >= 11 is 0. The smallest absolute Gasteiger partial charge is 0.338 e. The Bertz CT molecular complexity index is 897. The second-order valence-corrected chi connectivity index (χ2v) is 11.8. The number of ether oxygens (including phenoxy) is 1. The van der Waals surface area contributed by atoms with Crippen molar-refractivity contribution in [1.82, 2.24) is 0 Å². The van der Waals surface area contributed by atoms with Crippen LogP contribution in [0.4, 0.5) is 0 Å². The highest BCUT2D eigenvalue weighted by molar-refractivity contribution is 5.80. The summed E-state index contributed by atoms with van der Waals surface area (Å²) in [5, 5.41) is 31.9. The molecule has 3 rings (SSSR count). The topological polar surface area (TPSA) is 87.0 Å². The molecular weight excluding hydrogens is 452 g/mol. The predicted octanol–water partition coefficient (Wildman–Crippen LogP) is 5.66. The van der Waals surface area contributed by atoms with Crippen LogP contribution in [0, 0.1) is 29.1 Å². The standard InChI is InChI=1S/C31H48O5/c1-7-22(8-2)27(32)16-11-20(3)25-14-15-26-23(10-9-17-30(25,26)5)12-13-24-18-31(35,29(34)36-6)19-28(33)21(24)4/h11-13,16,20,22,25-28,32-33,35H,4,7-10,14-15,17-19H2,1-3,5-6H3/t20-,25-,26+,27+,28+,30-,31-/m1/s1. The number of esters is 1. The molecule has 202 valence electrons. The highest BCUT2D eigenvalue weighted by Gasteiger charge is 2.50. The van der Waals surface area contributed by atoms with E-state index in [0.29, 0.717) is 34.8 Å². The van der Waals surface area contributed by atoms with Crippen molar-refractivity contribution in [3.8, 4) is 0 Å². The van der Waals surface area contributed by atoms with E-state index in [1.807, 2.05) is 12.2 Å². The fourth-order valence-corrected chi connectivity index (χ4v) is 7.37. The van der Waals surface area contributed by atoms with Crippen LogP contribution in [-0.2, 0) is 9.53 Å². The zero-order valence-corrected chi connectivity index (χ0v) is 23.0. The van der Waals surface area contributed by atoms with Crippen LogP contribution in [-0.4, -0.2) is 46.2 Å². The Morgan fingerprint density at radius 3 is 2.56 bits per heavy atom. The third kappa shape index (κ3) is 5.74. The van der Waals surface area contributed by atoms with Crippen LogP contribution in [0.15, 0.2) is 47.6 Å². The quantitative estimate of drug-likeness (QED) is 0.296. The Morgan fingerprint density at radius 2 is 1.92 bits per heavy atom. The van der Waals surface area contributed by atoms with Gasteiger partial charge in [-0.3, -0.25) is 0 Å². The van der Waals surface area contributed by atoms with Gasteiger partial charge >= 0.3 is 5.97 Å². The van der Waals surface area contributed by atoms with Gasteiger partial charge in [-0.2, -0.15) is 0 Å². The third-order valence-electron chi connectivity index (χ3n) is 9.71. The van der Waals surface area contributed by atoms with E-state index < -0.39 is 17.7 Å². The number of aliphatic hydroxyl groups excluding tert-OH is 2. The molecule has 0 radical (unpaired) electrons. The summed E-state index contributed by atoms with van der Waals surface area (Å²) in [6, 6.07) is 0. The van der Waals surface area contributed by atoms with E-state index in [2.05, 4.69) is 46.4 Å². The third-order valence-corrected chi connectivity index (χ3v) is 9.71. The van der Waals surface area contributed by atoms with E-state index in [0.717, 1.165) is 32.1 Å². The van der Waals surface area contributed by atoms with Crippen LogP contribution in [0.2, 0.25) is 0 Å². The van der Waals surface area contributed by atoms with Gasteiger partial charge in [0.1, 0.15) is 0 Å². The van der Waals surface area contributed by atoms with Crippen molar-refractivity contribution in [1.29, 1.82) is 0 Å². The van der Waals surface area contributed by atoms with Crippen molar-refractivity contribution in [2.45, 2.75) is 103 Å². The lowest BCUT2D eigenvalue weighted by atomic mass is 9.61. The van der Waals surface area contributed by atoms with Crippen molar-refractivity contribution >= 4 is 5.97 Å². The minimum Gasteiger partial charge on any atom is -0.467 e. The molecule has 3 aliphatic carbocycles. The van der Waals surface area contributed by atoms with E-state index in [-0.39, 0.29) is 24.4 Å². The Labute approximate surface area is 218 Å². The first kappa shape index (κ1) is 28.9. The Kier molecular flexibility index (Phi) is 9.46. The molecular formula is C31H48O5. The molecule has 0 unspecified atom stereocenters. The molecule has 0 aromatic carbocycles. The number of aliphatic hydroxyl groups is 3. The fourth-order valence-electron chi connectivity index (χ4n) is 7.37. The number of carbonyl (C=O) groups excluding carboxylic acids is 1. The number of allylic oxidation sites excluding steroid dienone is 4. The number of hydrogen-bond donors (Lipinski definition) is 3. The minimum absolute atomic E-state index is 0.0911. The van der Waals surface area contributed by atoms with Gasteiger partial charge in [0.2, 0.25) is 0 Å². The number of carbonyl (C=O) groups is 1. The molecule has 0 heterocycles.